The molecule has 0 aromatic carbocycles. The smallest absolute Gasteiger partial charge is 0.307 e. The summed E-state index contributed by atoms with van der Waals surface area (Å²) < 4.78 is 0. The van der Waals surface area contributed by atoms with Crippen LogP contribution in [0.5, 0.6) is 0 Å². The molecule has 88 valence electrons. The number of hydrogen-bond donors (Lipinski definition) is 3. The van der Waals surface area contributed by atoms with Gasteiger partial charge in [0.2, 0.25) is 0 Å². The molecule has 1 saturated carbocycles. The predicted molar refractivity (Wildman–Crippen MR) is 57.6 cm³/mol. The minimum absolute atomic E-state index is 0.265. The zero-order valence-corrected chi connectivity index (χ0v) is 9.28. The molecule has 0 spiro atoms. The first-order valence-electron chi connectivity index (χ1n) is 5.69. The molecule has 1 rings (SSSR count). The van der Waals surface area contributed by atoms with Gasteiger partial charge in [-0.25, -0.2) is 0 Å². The van der Waals surface area contributed by atoms with Crippen LogP contribution >= 0.6 is 0 Å². The van der Waals surface area contributed by atoms with Crippen LogP contribution in [0.15, 0.2) is 0 Å². The van der Waals surface area contributed by atoms with Crippen molar-refractivity contribution in [1.82, 2.24) is 5.32 Å². The molecule has 4 heteroatoms. The average molecular weight is 215 g/mol. The Morgan fingerprint density at radius 1 is 1.47 bits per heavy atom. The second-order valence-electron chi connectivity index (χ2n) is 4.53. The van der Waals surface area contributed by atoms with Gasteiger partial charge in [-0.3, -0.25) is 4.79 Å². The normalized spacial score (nSPS) is 27.9. The third kappa shape index (κ3) is 3.80. The molecular weight excluding hydrogens is 194 g/mol. The number of aliphatic hydroxyl groups is 1. The van der Waals surface area contributed by atoms with Gasteiger partial charge < -0.3 is 15.5 Å². The molecule has 0 heterocycles. The maximum Gasteiger partial charge on any atom is 0.307 e. The molecule has 0 aromatic rings. The molecule has 0 radical (unpaired) electrons. The molecule has 1 aliphatic carbocycles. The highest BCUT2D eigenvalue weighted by molar-refractivity contribution is 5.69. The van der Waals surface area contributed by atoms with Crippen molar-refractivity contribution in [2.75, 3.05) is 19.7 Å². The molecule has 0 bridgehead atoms. The number of hydrogen-bond acceptors (Lipinski definition) is 3. The molecule has 3 unspecified atom stereocenters. The Labute approximate surface area is 90.7 Å². The number of aliphatic carboxylic acids is 1. The van der Waals surface area contributed by atoms with Gasteiger partial charge in [0.25, 0.3) is 0 Å². The quantitative estimate of drug-likeness (QED) is 0.610. The van der Waals surface area contributed by atoms with Gasteiger partial charge in [0.1, 0.15) is 0 Å². The summed E-state index contributed by atoms with van der Waals surface area (Å²) in [4.78, 5) is 10.6. The van der Waals surface area contributed by atoms with Gasteiger partial charge in [-0.1, -0.05) is 13.3 Å². The molecular formula is C11H21NO3. The van der Waals surface area contributed by atoms with Gasteiger partial charge in [0.05, 0.1) is 5.92 Å². The standard InChI is InChI=1S/C11H21NO3/c1-8(11(14)15)5-12-6-9-3-2-4-10(9)7-13/h8-10,12-13H,2-7H2,1H3,(H,14,15). The molecule has 4 nitrogen and oxygen atoms in total. The van der Waals surface area contributed by atoms with Gasteiger partial charge in [0, 0.05) is 13.2 Å². The predicted octanol–water partition coefficient (Wildman–Crippen LogP) is 0.705. The van der Waals surface area contributed by atoms with Crippen LogP contribution in [0.3, 0.4) is 0 Å². The van der Waals surface area contributed by atoms with Crippen LogP contribution in [-0.4, -0.2) is 35.9 Å². The largest absolute Gasteiger partial charge is 0.481 e. The van der Waals surface area contributed by atoms with E-state index in [9.17, 15) is 4.79 Å². The number of aliphatic hydroxyl groups excluding tert-OH is 1. The molecule has 0 aromatic heterocycles. The maximum absolute atomic E-state index is 10.6. The lowest BCUT2D eigenvalue weighted by atomic mass is 9.97. The zero-order valence-electron chi connectivity index (χ0n) is 9.28. The second kappa shape index (κ2) is 6.08. The van der Waals surface area contributed by atoms with Crippen LogP contribution in [-0.2, 0) is 4.79 Å². The highest BCUT2D eigenvalue weighted by Crippen LogP contribution is 2.30. The summed E-state index contributed by atoms with van der Waals surface area (Å²) in [5.41, 5.74) is 0. The lowest BCUT2D eigenvalue weighted by molar-refractivity contribution is -0.140. The third-order valence-electron chi connectivity index (χ3n) is 3.33. The number of carboxylic acids is 1. The van der Waals surface area contributed by atoms with E-state index in [2.05, 4.69) is 5.32 Å². The van der Waals surface area contributed by atoms with E-state index in [4.69, 9.17) is 10.2 Å². The molecule has 15 heavy (non-hydrogen) atoms. The first-order valence-corrected chi connectivity index (χ1v) is 5.69. The Morgan fingerprint density at radius 2 is 2.13 bits per heavy atom. The monoisotopic (exact) mass is 215 g/mol. The van der Waals surface area contributed by atoms with E-state index in [1.54, 1.807) is 6.92 Å². The Balaban J connectivity index is 2.17. The minimum Gasteiger partial charge on any atom is -0.481 e. The molecule has 0 aliphatic heterocycles. The van der Waals surface area contributed by atoms with Crippen molar-refractivity contribution < 1.29 is 15.0 Å². The van der Waals surface area contributed by atoms with Gasteiger partial charge in [-0.15, -0.1) is 0 Å². The van der Waals surface area contributed by atoms with Crippen LogP contribution in [0.25, 0.3) is 0 Å². The molecule has 1 aliphatic rings. The Hall–Kier alpha value is -0.610. The van der Waals surface area contributed by atoms with Crippen LogP contribution in [0.1, 0.15) is 26.2 Å². The van der Waals surface area contributed by atoms with Crippen molar-refractivity contribution >= 4 is 5.97 Å². The Morgan fingerprint density at radius 3 is 2.73 bits per heavy atom. The topological polar surface area (TPSA) is 69.6 Å². The van der Waals surface area contributed by atoms with Crippen molar-refractivity contribution in [3.05, 3.63) is 0 Å². The summed E-state index contributed by atoms with van der Waals surface area (Å²) in [6.07, 6.45) is 3.45. The summed E-state index contributed by atoms with van der Waals surface area (Å²) in [7, 11) is 0. The SMILES string of the molecule is CC(CNCC1CCCC1CO)C(=O)O. The number of rotatable bonds is 6. The molecule has 3 N–H and O–H groups in total. The molecule has 0 saturated heterocycles. The van der Waals surface area contributed by atoms with E-state index in [1.165, 1.54) is 6.42 Å². The first kappa shape index (κ1) is 12.5. The van der Waals surface area contributed by atoms with Crippen LogP contribution in [0, 0.1) is 17.8 Å². The first-order chi connectivity index (χ1) is 7.15. The molecule has 0 amide bonds. The van der Waals surface area contributed by atoms with Crippen molar-refractivity contribution in [1.29, 1.82) is 0 Å². The van der Waals surface area contributed by atoms with E-state index in [-0.39, 0.29) is 12.5 Å². The number of carbonyl (C=O) groups is 1. The Bertz CT molecular complexity index is 208. The summed E-state index contributed by atoms with van der Waals surface area (Å²) >= 11 is 0. The van der Waals surface area contributed by atoms with E-state index >= 15 is 0 Å². The fourth-order valence-corrected chi connectivity index (χ4v) is 2.20. The van der Waals surface area contributed by atoms with Gasteiger partial charge in [-0.2, -0.15) is 0 Å². The zero-order chi connectivity index (χ0) is 11.3. The summed E-state index contributed by atoms with van der Waals surface area (Å²) in [6.45, 7) is 3.32. The van der Waals surface area contributed by atoms with Gasteiger partial charge in [0.15, 0.2) is 0 Å². The van der Waals surface area contributed by atoms with Gasteiger partial charge >= 0.3 is 5.97 Å². The summed E-state index contributed by atoms with van der Waals surface area (Å²) in [6, 6.07) is 0. The lowest BCUT2D eigenvalue weighted by Gasteiger charge is -2.18. The number of carboxylic acid groups (broad SMARTS) is 1. The lowest BCUT2D eigenvalue weighted by Crippen LogP contribution is -2.32. The van der Waals surface area contributed by atoms with E-state index in [1.807, 2.05) is 0 Å². The number of nitrogens with one attached hydrogen (secondary N) is 1. The summed E-state index contributed by atoms with van der Waals surface area (Å²) in [5.74, 6) is -0.153. The van der Waals surface area contributed by atoms with Crippen LogP contribution in [0.2, 0.25) is 0 Å². The fourth-order valence-electron chi connectivity index (χ4n) is 2.20. The van der Waals surface area contributed by atoms with E-state index in [0.717, 1.165) is 19.4 Å². The highest BCUT2D eigenvalue weighted by atomic mass is 16.4. The van der Waals surface area contributed by atoms with Crippen molar-refractivity contribution in [3.8, 4) is 0 Å². The highest BCUT2D eigenvalue weighted by Gasteiger charge is 2.26. The van der Waals surface area contributed by atoms with Crippen molar-refractivity contribution in [2.45, 2.75) is 26.2 Å². The van der Waals surface area contributed by atoms with E-state index in [0.29, 0.717) is 18.4 Å². The van der Waals surface area contributed by atoms with E-state index < -0.39 is 5.97 Å². The molecule has 3 atom stereocenters. The average Bonchev–Trinajstić information content (AvgIpc) is 2.65. The van der Waals surface area contributed by atoms with Crippen molar-refractivity contribution in [3.63, 3.8) is 0 Å². The van der Waals surface area contributed by atoms with Gasteiger partial charge in [-0.05, 0) is 31.2 Å². The van der Waals surface area contributed by atoms with Crippen molar-refractivity contribution in [2.24, 2.45) is 17.8 Å². The minimum atomic E-state index is -0.757. The third-order valence-corrected chi connectivity index (χ3v) is 3.33. The fraction of sp³-hybridized carbons (Fsp3) is 0.909. The second-order valence-corrected chi connectivity index (χ2v) is 4.53. The maximum atomic E-state index is 10.6. The molecule has 1 fully saturated rings. The van der Waals surface area contributed by atoms with Crippen LogP contribution in [0.4, 0.5) is 0 Å². The summed E-state index contributed by atoms with van der Waals surface area (Å²) in [5, 5.41) is 21.0. The van der Waals surface area contributed by atoms with Crippen LogP contribution < -0.4 is 5.32 Å². The Kier molecular flexibility index (Phi) is 5.05.